The molecule has 3 nitrogen and oxygen atoms in total. The Balaban J connectivity index is 2.03. The van der Waals surface area contributed by atoms with Gasteiger partial charge in [-0.05, 0) is 41.9 Å². The topological polar surface area (TPSA) is 37.4 Å². The lowest BCUT2D eigenvalue weighted by Gasteiger charge is -2.23. The second-order valence-electron chi connectivity index (χ2n) is 5.55. The molecule has 20 heavy (non-hydrogen) atoms. The fourth-order valence-electron chi connectivity index (χ4n) is 3.38. The normalized spacial score (nSPS) is 24.6. The van der Waals surface area contributed by atoms with Gasteiger partial charge in [-0.25, -0.2) is 0 Å². The average Bonchev–Trinajstić information content (AvgIpc) is 2.98. The van der Waals surface area contributed by atoms with Crippen molar-refractivity contribution in [3.8, 4) is 0 Å². The predicted octanol–water partition coefficient (Wildman–Crippen LogP) is 3.11. The minimum absolute atomic E-state index is 0.0866. The van der Waals surface area contributed by atoms with Crippen molar-refractivity contribution in [1.29, 1.82) is 0 Å². The maximum Gasteiger partial charge on any atom is 0.254 e. The second kappa shape index (κ2) is 4.89. The van der Waals surface area contributed by atoms with E-state index in [0.717, 1.165) is 19.3 Å². The largest absolute Gasteiger partial charge is 0.269 e. The van der Waals surface area contributed by atoms with Crippen LogP contribution in [-0.4, -0.2) is 16.7 Å². The van der Waals surface area contributed by atoms with E-state index in [-0.39, 0.29) is 17.9 Å². The van der Waals surface area contributed by atoms with Crippen LogP contribution in [0, 0.1) is 0 Å². The molecule has 2 atom stereocenters. The Morgan fingerprint density at radius 3 is 2.40 bits per heavy atom. The zero-order chi connectivity index (χ0) is 14.3. The molecule has 0 saturated carbocycles. The van der Waals surface area contributed by atoms with Crippen LogP contribution in [0.1, 0.15) is 55.3 Å². The van der Waals surface area contributed by atoms with E-state index in [2.05, 4.69) is 32.0 Å². The number of carbonyl (C=O) groups excluding carboxylic acids is 2. The number of nitrogens with zero attached hydrogens (tertiary/aromatic N) is 1. The van der Waals surface area contributed by atoms with Gasteiger partial charge in [0.05, 0.1) is 6.04 Å². The molecule has 3 heteroatoms. The molecule has 0 spiro atoms. The van der Waals surface area contributed by atoms with Crippen LogP contribution in [-0.2, 0) is 16.0 Å². The molecule has 0 N–H and O–H groups in total. The second-order valence-corrected chi connectivity index (χ2v) is 5.55. The Labute approximate surface area is 119 Å². The van der Waals surface area contributed by atoms with Gasteiger partial charge in [0.1, 0.15) is 0 Å². The fourth-order valence-corrected chi connectivity index (χ4v) is 3.38. The van der Waals surface area contributed by atoms with Gasteiger partial charge in [-0.1, -0.05) is 32.0 Å². The van der Waals surface area contributed by atoms with E-state index in [1.165, 1.54) is 33.7 Å². The first-order valence-corrected chi connectivity index (χ1v) is 7.33. The first-order valence-electron chi connectivity index (χ1n) is 7.33. The molecule has 0 fully saturated rings. The summed E-state index contributed by atoms with van der Waals surface area (Å²) in [6.07, 6.45) is 5.63. The van der Waals surface area contributed by atoms with E-state index in [9.17, 15) is 9.59 Å². The number of hydrogen-bond donors (Lipinski definition) is 0. The van der Waals surface area contributed by atoms with Crippen LogP contribution in [0.5, 0.6) is 0 Å². The first kappa shape index (κ1) is 13.1. The quantitative estimate of drug-likeness (QED) is 0.791. The summed E-state index contributed by atoms with van der Waals surface area (Å²) >= 11 is 0. The molecule has 2 amide bonds. The van der Waals surface area contributed by atoms with Crippen LogP contribution >= 0.6 is 0 Å². The third kappa shape index (κ3) is 1.89. The van der Waals surface area contributed by atoms with Crippen molar-refractivity contribution in [3.05, 3.63) is 47.0 Å². The standard InChI is InChI=1S/C17H19NO2/c1-3-11-5-6-13-12(4-2)10-15(14(13)9-11)18-16(19)7-8-17(18)20/h5-9,12,15H,3-4,10H2,1-2H3/t12-,15-/m0/s1. The molecule has 2 aliphatic rings. The number of aryl methyl sites for hydroxylation is 1. The Morgan fingerprint density at radius 1 is 1.10 bits per heavy atom. The van der Waals surface area contributed by atoms with Crippen molar-refractivity contribution < 1.29 is 9.59 Å². The average molecular weight is 269 g/mol. The van der Waals surface area contributed by atoms with E-state index in [1.807, 2.05) is 0 Å². The number of carbonyl (C=O) groups is 2. The summed E-state index contributed by atoms with van der Waals surface area (Å²) in [7, 11) is 0. The molecule has 0 bridgehead atoms. The van der Waals surface area contributed by atoms with Gasteiger partial charge in [0, 0.05) is 12.2 Å². The van der Waals surface area contributed by atoms with E-state index < -0.39 is 0 Å². The third-order valence-electron chi connectivity index (χ3n) is 4.51. The van der Waals surface area contributed by atoms with Crippen molar-refractivity contribution in [1.82, 2.24) is 4.90 Å². The van der Waals surface area contributed by atoms with Crippen LogP contribution in [0.25, 0.3) is 0 Å². The van der Waals surface area contributed by atoms with Gasteiger partial charge in [-0.2, -0.15) is 0 Å². The van der Waals surface area contributed by atoms with E-state index >= 15 is 0 Å². The highest BCUT2D eigenvalue weighted by molar-refractivity contribution is 6.13. The number of fused-ring (bicyclic) bond motifs is 1. The summed E-state index contributed by atoms with van der Waals surface area (Å²) in [6.45, 7) is 4.28. The van der Waals surface area contributed by atoms with E-state index in [4.69, 9.17) is 0 Å². The first-order chi connectivity index (χ1) is 9.65. The van der Waals surface area contributed by atoms with Gasteiger partial charge < -0.3 is 0 Å². The summed E-state index contributed by atoms with van der Waals surface area (Å²) in [4.78, 5) is 25.3. The molecule has 1 aromatic carbocycles. The zero-order valence-corrected chi connectivity index (χ0v) is 11.9. The third-order valence-corrected chi connectivity index (χ3v) is 4.51. The van der Waals surface area contributed by atoms with Gasteiger partial charge >= 0.3 is 0 Å². The Hall–Kier alpha value is -1.90. The lowest BCUT2D eigenvalue weighted by molar-refractivity contribution is -0.139. The maximum absolute atomic E-state index is 11.9. The molecule has 0 aromatic heterocycles. The molecule has 0 unspecified atom stereocenters. The summed E-state index contributed by atoms with van der Waals surface area (Å²) in [5.41, 5.74) is 3.74. The van der Waals surface area contributed by atoms with Crippen LogP contribution < -0.4 is 0 Å². The molecule has 1 aliphatic heterocycles. The Morgan fingerprint density at radius 2 is 1.80 bits per heavy atom. The molecule has 1 aromatic rings. The van der Waals surface area contributed by atoms with Gasteiger partial charge in [-0.15, -0.1) is 0 Å². The van der Waals surface area contributed by atoms with Gasteiger partial charge in [0.25, 0.3) is 11.8 Å². The molecule has 0 radical (unpaired) electrons. The highest BCUT2D eigenvalue weighted by atomic mass is 16.2. The molecule has 0 saturated heterocycles. The van der Waals surface area contributed by atoms with Crippen LogP contribution in [0.15, 0.2) is 30.4 Å². The summed E-state index contributed by atoms with van der Waals surface area (Å²) in [5, 5.41) is 0. The van der Waals surface area contributed by atoms with Crippen molar-refractivity contribution in [3.63, 3.8) is 0 Å². The summed E-state index contributed by atoms with van der Waals surface area (Å²) in [5.74, 6) is 0.0938. The summed E-state index contributed by atoms with van der Waals surface area (Å²) < 4.78 is 0. The van der Waals surface area contributed by atoms with Crippen LogP contribution in [0.3, 0.4) is 0 Å². The number of hydrogen-bond acceptors (Lipinski definition) is 2. The molecule has 1 aliphatic carbocycles. The molecule has 104 valence electrons. The molecule has 1 heterocycles. The smallest absolute Gasteiger partial charge is 0.254 e. The highest BCUT2D eigenvalue weighted by Gasteiger charge is 2.39. The van der Waals surface area contributed by atoms with Crippen LogP contribution in [0.2, 0.25) is 0 Å². The molecular formula is C17H19NO2. The number of rotatable bonds is 3. The van der Waals surface area contributed by atoms with Crippen molar-refractivity contribution in [2.24, 2.45) is 0 Å². The number of amides is 2. The highest BCUT2D eigenvalue weighted by Crippen LogP contribution is 2.46. The van der Waals surface area contributed by atoms with Gasteiger partial charge in [0.15, 0.2) is 0 Å². The minimum atomic E-state index is -0.176. The van der Waals surface area contributed by atoms with Crippen LogP contribution in [0.4, 0.5) is 0 Å². The van der Waals surface area contributed by atoms with E-state index in [0.29, 0.717) is 5.92 Å². The minimum Gasteiger partial charge on any atom is -0.269 e. The lowest BCUT2D eigenvalue weighted by atomic mass is 9.97. The molecular weight excluding hydrogens is 250 g/mol. The summed E-state index contributed by atoms with van der Waals surface area (Å²) in [6, 6.07) is 6.43. The van der Waals surface area contributed by atoms with Crippen molar-refractivity contribution >= 4 is 11.8 Å². The van der Waals surface area contributed by atoms with E-state index in [1.54, 1.807) is 0 Å². The van der Waals surface area contributed by atoms with Gasteiger partial charge in [-0.3, -0.25) is 14.5 Å². The van der Waals surface area contributed by atoms with Crippen molar-refractivity contribution in [2.75, 3.05) is 0 Å². The van der Waals surface area contributed by atoms with Gasteiger partial charge in [0.2, 0.25) is 0 Å². The Kier molecular flexibility index (Phi) is 3.20. The zero-order valence-electron chi connectivity index (χ0n) is 11.9. The SMILES string of the molecule is CCc1ccc2c(c1)[C@@H](N1C(=O)C=CC1=O)C[C@@H]2CC. The monoisotopic (exact) mass is 269 g/mol. The Bertz CT molecular complexity index is 585. The predicted molar refractivity (Wildman–Crippen MR) is 77.2 cm³/mol. The lowest BCUT2D eigenvalue weighted by Crippen LogP contribution is -2.33. The molecule has 3 rings (SSSR count). The van der Waals surface area contributed by atoms with Crippen molar-refractivity contribution in [2.45, 2.75) is 45.1 Å². The fraction of sp³-hybridized carbons (Fsp3) is 0.412. The maximum atomic E-state index is 11.9. The number of imide groups is 1. The number of benzene rings is 1.